The van der Waals surface area contributed by atoms with Crippen LogP contribution in [0.4, 0.5) is 0 Å². The van der Waals surface area contributed by atoms with Crippen molar-refractivity contribution in [2.24, 2.45) is 0 Å². The Morgan fingerprint density at radius 3 is 1.67 bits per heavy atom. The Balaban J connectivity index is 0. The van der Waals surface area contributed by atoms with Crippen LogP contribution in [0.5, 0.6) is 0 Å². The van der Waals surface area contributed by atoms with Gasteiger partial charge in [0.25, 0.3) is 10.1 Å². The van der Waals surface area contributed by atoms with Crippen LogP contribution in [0.2, 0.25) is 0 Å². The van der Waals surface area contributed by atoms with Crippen molar-refractivity contribution in [2.75, 3.05) is 19.0 Å². The Morgan fingerprint density at radius 1 is 0.833 bits per heavy atom. The second kappa shape index (κ2) is 18.6. The molecule has 0 aromatic carbocycles. The molecule has 0 saturated heterocycles. The van der Waals surface area contributed by atoms with Crippen molar-refractivity contribution < 1.29 is 22.8 Å². The first-order valence-electron chi connectivity index (χ1n) is 9.18. The molecule has 0 fully saturated rings. The number of aliphatic hydroxyl groups excluding tert-OH is 2. The van der Waals surface area contributed by atoms with E-state index in [1.165, 1.54) is 57.8 Å². The second-order valence-corrected chi connectivity index (χ2v) is 7.96. The average molecular weight is 377 g/mol. The molecule has 0 amide bonds. The summed E-state index contributed by atoms with van der Waals surface area (Å²) in [7, 11) is -3.72. The van der Waals surface area contributed by atoms with Crippen molar-refractivity contribution >= 4 is 39.7 Å². The van der Waals surface area contributed by atoms with E-state index < -0.39 is 28.6 Å². The SMILES string of the molecule is CCCCCCCCCCCCCCOS(=O)(=O)CC(O)CO.[NaH]. The van der Waals surface area contributed by atoms with E-state index in [9.17, 15) is 8.42 Å². The van der Waals surface area contributed by atoms with Gasteiger partial charge in [-0.3, -0.25) is 4.18 Å². The zero-order chi connectivity index (χ0) is 17.4. The van der Waals surface area contributed by atoms with E-state index in [2.05, 4.69) is 6.92 Å². The quantitative estimate of drug-likeness (QED) is 0.232. The molecule has 24 heavy (non-hydrogen) atoms. The van der Waals surface area contributed by atoms with E-state index in [1.807, 2.05) is 0 Å². The third kappa shape index (κ3) is 19.2. The fraction of sp³-hybridized carbons (Fsp3) is 1.00. The molecular formula is C17H37NaO5S. The molecule has 0 heterocycles. The van der Waals surface area contributed by atoms with Gasteiger partial charge in [0, 0.05) is 0 Å². The van der Waals surface area contributed by atoms with Crippen molar-refractivity contribution in [3.63, 3.8) is 0 Å². The van der Waals surface area contributed by atoms with Gasteiger partial charge in [-0.15, -0.1) is 0 Å². The zero-order valence-corrected chi connectivity index (χ0v) is 15.5. The third-order valence-electron chi connectivity index (χ3n) is 3.87. The van der Waals surface area contributed by atoms with Crippen molar-refractivity contribution in [3.8, 4) is 0 Å². The minimum atomic E-state index is -3.72. The monoisotopic (exact) mass is 376 g/mol. The molecule has 0 aliphatic heterocycles. The summed E-state index contributed by atoms with van der Waals surface area (Å²) in [6.07, 6.45) is 13.4. The Kier molecular flexibility index (Phi) is 21.0. The molecule has 0 aromatic rings. The van der Waals surface area contributed by atoms with Crippen LogP contribution in [0.1, 0.15) is 84.0 Å². The number of rotatable bonds is 17. The molecule has 0 bridgehead atoms. The molecule has 0 aromatic heterocycles. The summed E-state index contributed by atoms with van der Waals surface area (Å²) in [5.41, 5.74) is 0. The van der Waals surface area contributed by atoms with Crippen molar-refractivity contribution in [1.29, 1.82) is 0 Å². The van der Waals surface area contributed by atoms with Gasteiger partial charge in [0.15, 0.2) is 0 Å². The maximum absolute atomic E-state index is 11.4. The Labute approximate surface area is 171 Å². The van der Waals surface area contributed by atoms with Gasteiger partial charge >= 0.3 is 29.6 Å². The molecule has 0 saturated carbocycles. The van der Waals surface area contributed by atoms with Gasteiger partial charge in [-0.25, -0.2) is 0 Å². The van der Waals surface area contributed by atoms with Crippen LogP contribution in [0.25, 0.3) is 0 Å². The number of hydrogen-bond acceptors (Lipinski definition) is 5. The fourth-order valence-corrected chi connectivity index (χ4v) is 3.51. The first-order chi connectivity index (χ1) is 11.0. The van der Waals surface area contributed by atoms with E-state index in [0.29, 0.717) is 6.42 Å². The van der Waals surface area contributed by atoms with Crippen LogP contribution in [-0.2, 0) is 14.3 Å². The number of hydrogen-bond donors (Lipinski definition) is 2. The van der Waals surface area contributed by atoms with Gasteiger partial charge < -0.3 is 10.2 Å². The van der Waals surface area contributed by atoms with E-state index in [-0.39, 0.29) is 36.2 Å². The number of unbranched alkanes of at least 4 members (excludes halogenated alkanes) is 11. The molecule has 0 rings (SSSR count). The van der Waals surface area contributed by atoms with Gasteiger partial charge in [0.05, 0.1) is 19.3 Å². The fourth-order valence-electron chi connectivity index (χ4n) is 2.47. The van der Waals surface area contributed by atoms with Crippen LogP contribution in [-0.4, -0.2) is 73.3 Å². The predicted octanol–water partition coefficient (Wildman–Crippen LogP) is 2.74. The van der Waals surface area contributed by atoms with Crippen LogP contribution in [0.3, 0.4) is 0 Å². The average Bonchev–Trinajstić information content (AvgIpc) is 2.51. The standard InChI is InChI=1S/C17H36O5S.Na.H/c1-2-3-4-5-6-7-8-9-10-11-12-13-14-22-23(20,21)16-17(19)15-18;;/h17-19H,2-16H2,1H3;;. The topological polar surface area (TPSA) is 83.8 Å². The van der Waals surface area contributed by atoms with Crippen molar-refractivity contribution in [1.82, 2.24) is 0 Å². The molecule has 0 aliphatic carbocycles. The summed E-state index contributed by atoms with van der Waals surface area (Å²) in [5.74, 6) is -0.540. The van der Waals surface area contributed by atoms with Gasteiger partial charge in [-0.05, 0) is 6.42 Å². The Morgan fingerprint density at radius 2 is 1.25 bits per heavy atom. The van der Waals surface area contributed by atoms with Crippen LogP contribution in [0.15, 0.2) is 0 Å². The van der Waals surface area contributed by atoms with Crippen molar-refractivity contribution in [2.45, 2.75) is 90.1 Å². The van der Waals surface area contributed by atoms with Gasteiger partial charge in [0.1, 0.15) is 5.75 Å². The minimum absolute atomic E-state index is 0. The van der Waals surface area contributed by atoms with Crippen molar-refractivity contribution in [3.05, 3.63) is 0 Å². The molecule has 1 unspecified atom stereocenters. The van der Waals surface area contributed by atoms with E-state index in [1.54, 1.807) is 0 Å². The van der Waals surface area contributed by atoms with Crippen LogP contribution < -0.4 is 0 Å². The van der Waals surface area contributed by atoms with Gasteiger partial charge in [0.2, 0.25) is 0 Å². The van der Waals surface area contributed by atoms with Crippen LogP contribution >= 0.6 is 0 Å². The van der Waals surface area contributed by atoms with E-state index in [0.717, 1.165) is 12.8 Å². The maximum atomic E-state index is 11.4. The summed E-state index contributed by atoms with van der Waals surface area (Å²) in [4.78, 5) is 0. The zero-order valence-electron chi connectivity index (χ0n) is 14.7. The van der Waals surface area contributed by atoms with Gasteiger partial charge in [-0.1, -0.05) is 77.6 Å². The summed E-state index contributed by atoms with van der Waals surface area (Å²) < 4.78 is 27.6. The second-order valence-electron chi connectivity index (χ2n) is 6.27. The molecule has 2 N–H and O–H groups in total. The Hall–Kier alpha value is 0.830. The Bertz CT molecular complexity index is 349. The molecule has 0 spiro atoms. The first kappa shape index (κ1) is 27.1. The van der Waals surface area contributed by atoms with Crippen LogP contribution in [0, 0.1) is 0 Å². The molecular weight excluding hydrogens is 339 g/mol. The molecule has 0 radical (unpaired) electrons. The summed E-state index contributed by atoms with van der Waals surface area (Å²) >= 11 is 0. The third-order valence-corrected chi connectivity index (χ3v) is 5.19. The molecule has 1 atom stereocenters. The molecule has 142 valence electrons. The number of aliphatic hydroxyl groups is 2. The summed E-state index contributed by atoms with van der Waals surface area (Å²) in [6, 6.07) is 0. The van der Waals surface area contributed by atoms with E-state index in [4.69, 9.17) is 14.4 Å². The predicted molar refractivity (Wildman–Crippen MR) is 101 cm³/mol. The molecule has 7 heteroatoms. The first-order valence-corrected chi connectivity index (χ1v) is 10.8. The summed E-state index contributed by atoms with van der Waals surface area (Å²) in [5, 5.41) is 17.7. The normalized spacial score (nSPS) is 12.8. The molecule has 5 nitrogen and oxygen atoms in total. The van der Waals surface area contributed by atoms with Gasteiger partial charge in [-0.2, -0.15) is 8.42 Å². The van der Waals surface area contributed by atoms with E-state index >= 15 is 0 Å². The molecule has 0 aliphatic rings. The summed E-state index contributed by atoms with van der Waals surface area (Å²) in [6.45, 7) is 1.83.